The number of thiophene rings is 2. The van der Waals surface area contributed by atoms with Crippen molar-refractivity contribution in [1.82, 2.24) is 40.4 Å². The zero-order chi connectivity index (χ0) is 39.7. The minimum absolute atomic E-state index is 0.135. The molecule has 1 aromatic carbocycles. The van der Waals surface area contributed by atoms with Crippen LogP contribution in [0.2, 0.25) is 0 Å². The van der Waals surface area contributed by atoms with Crippen molar-refractivity contribution in [3.8, 4) is 33.6 Å². The van der Waals surface area contributed by atoms with Crippen LogP contribution < -0.4 is 10.6 Å². The SMILES string of the molecule is COC(=O)N[C@H](C(=O)N1CC=CC1c1ncc(-c2ccc(-c3csc4c(-c5cnc(C6C=CCN6C(=O)[C@@H](NC(=O)OC)C(C)C)[nH]5)csc34)cc2)[nH]1)C(C)C. The molecule has 56 heavy (non-hydrogen) atoms. The first-order valence-electron chi connectivity index (χ1n) is 18.3. The highest BCUT2D eigenvalue weighted by Gasteiger charge is 2.37. The molecule has 0 radical (unpaired) electrons. The molecular formula is C40H44N8O6S2. The molecule has 16 heteroatoms. The molecule has 2 unspecified atom stereocenters. The van der Waals surface area contributed by atoms with Crippen LogP contribution in [0.5, 0.6) is 0 Å². The monoisotopic (exact) mass is 796 g/mol. The Morgan fingerprint density at radius 2 is 1.14 bits per heavy atom. The van der Waals surface area contributed by atoms with Crippen LogP contribution in [0.1, 0.15) is 51.4 Å². The highest BCUT2D eigenvalue weighted by atomic mass is 32.1. The average Bonchev–Trinajstić information content (AvgIpc) is 4.04. The van der Waals surface area contributed by atoms with E-state index in [1.807, 2.05) is 58.2 Å². The minimum Gasteiger partial charge on any atom is -0.453 e. The summed E-state index contributed by atoms with van der Waals surface area (Å²) >= 11 is 3.35. The number of H-pyrrole nitrogens is 2. The molecule has 0 fully saturated rings. The molecule has 0 bridgehead atoms. The highest BCUT2D eigenvalue weighted by Crippen LogP contribution is 2.44. The highest BCUT2D eigenvalue weighted by molar-refractivity contribution is 7.27. The first-order chi connectivity index (χ1) is 27.0. The summed E-state index contributed by atoms with van der Waals surface area (Å²) in [7, 11) is 2.56. The van der Waals surface area contributed by atoms with Gasteiger partial charge in [-0.05, 0) is 23.0 Å². The number of carbonyl (C=O) groups excluding carboxylic acids is 4. The van der Waals surface area contributed by atoms with Crippen LogP contribution in [-0.2, 0) is 19.1 Å². The number of nitrogens with zero attached hydrogens (tertiary/aromatic N) is 4. The van der Waals surface area contributed by atoms with Crippen molar-refractivity contribution in [2.45, 2.75) is 51.9 Å². The van der Waals surface area contributed by atoms with Crippen molar-refractivity contribution in [1.29, 1.82) is 0 Å². The lowest BCUT2D eigenvalue weighted by atomic mass is 10.0. The number of benzene rings is 1. The zero-order valence-electron chi connectivity index (χ0n) is 31.9. The van der Waals surface area contributed by atoms with Crippen molar-refractivity contribution in [2.75, 3.05) is 27.3 Å². The second kappa shape index (κ2) is 16.2. The van der Waals surface area contributed by atoms with Gasteiger partial charge in [-0.3, -0.25) is 9.59 Å². The Kier molecular flexibility index (Phi) is 11.1. The van der Waals surface area contributed by atoms with Gasteiger partial charge in [-0.2, -0.15) is 0 Å². The number of amides is 4. The Balaban J connectivity index is 1.05. The fourth-order valence-corrected chi connectivity index (χ4v) is 9.46. The number of alkyl carbamates (subject to hydrolysis) is 2. The standard InChI is InChI=1S/C40H44N8O6S2/c1-21(2)31(45-39(51)53-5)37(49)47-15-7-9-29(47)35-41-17-27(43-35)24-13-11-23(12-14-24)25-19-55-34-26(20-56-33(25)34)28-18-42-36(44-28)30-10-8-16-48(30)38(50)32(22(3)4)46-40(52)54-6/h7-14,17-22,29-32H,15-16H2,1-6H3,(H,41,43)(H,42,44)(H,45,51)(H,46,52)/t29?,30?,31-,32-/m0/s1. The lowest BCUT2D eigenvalue weighted by Crippen LogP contribution is -2.51. The molecule has 0 saturated heterocycles. The van der Waals surface area contributed by atoms with Crippen molar-refractivity contribution < 1.29 is 28.7 Å². The van der Waals surface area contributed by atoms with Crippen LogP contribution in [-0.4, -0.2) is 93.1 Å². The van der Waals surface area contributed by atoms with Gasteiger partial charge in [0.05, 0.1) is 47.4 Å². The average molecular weight is 797 g/mol. The van der Waals surface area contributed by atoms with Crippen LogP contribution in [0, 0.1) is 11.8 Å². The van der Waals surface area contributed by atoms with Gasteiger partial charge in [0, 0.05) is 35.0 Å². The van der Waals surface area contributed by atoms with Crippen LogP contribution in [0.3, 0.4) is 0 Å². The Bertz CT molecular complexity index is 2300. The first kappa shape index (κ1) is 38.5. The second-order valence-electron chi connectivity index (χ2n) is 14.3. The third kappa shape index (κ3) is 7.45. The van der Waals surface area contributed by atoms with Crippen LogP contribution in [0.15, 0.2) is 71.7 Å². The van der Waals surface area contributed by atoms with E-state index < -0.39 is 36.4 Å². The third-order valence-electron chi connectivity index (χ3n) is 10.1. The van der Waals surface area contributed by atoms with Crippen molar-refractivity contribution >= 4 is 56.1 Å². The minimum atomic E-state index is -0.731. The number of aromatic nitrogens is 4. The summed E-state index contributed by atoms with van der Waals surface area (Å²) in [6, 6.07) is 6.06. The van der Waals surface area contributed by atoms with Crippen molar-refractivity contribution in [3.05, 3.63) is 83.4 Å². The van der Waals surface area contributed by atoms with E-state index in [9.17, 15) is 19.2 Å². The number of carbonyl (C=O) groups is 4. The fraction of sp³-hybridized carbons (Fsp3) is 0.350. The van der Waals surface area contributed by atoms with E-state index >= 15 is 0 Å². The lowest BCUT2D eigenvalue weighted by Gasteiger charge is -2.29. The Morgan fingerprint density at radius 1 is 0.696 bits per heavy atom. The Morgan fingerprint density at radius 3 is 1.64 bits per heavy atom. The molecule has 0 spiro atoms. The molecule has 4 amide bonds. The number of hydrogen-bond acceptors (Lipinski definition) is 10. The summed E-state index contributed by atoms with van der Waals surface area (Å²) < 4.78 is 11.8. The van der Waals surface area contributed by atoms with Gasteiger partial charge < -0.3 is 39.9 Å². The van der Waals surface area contributed by atoms with Crippen molar-refractivity contribution in [3.63, 3.8) is 0 Å². The topological polar surface area (TPSA) is 175 Å². The summed E-state index contributed by atoms with van der Waals surface area (Å²) in [5.41, 5.74) is 5.91. The van der Waals surface area contributed by atoms with Gasteiger partial charge in [-0.1, -0.05) is 76.3 Å². The third-order valence-corrected chi connectivity index (χ3v) is 12.3. The Labute approximate surface area is 332 Å². The predicted octanol–water partition coefficient (Wildman–Crippen LogP) is 7.05. The second-order valence-corrected chi connectivity index (χ2v) is 16.1. The number of imidazole rings is 2. The van der Waals surface area contributed by atoms with Gasteiger partial charge in [0.2, 0.25) is 11.8 Å². The maximum absolute atomic E-state index is 13.6. The molecular weight excluding hydrogens is 753 g/mol. The normalized spacial score (nSPS) is 17.6. The Hall–Kier alpha value is -5.74. The van der Waals surface area contributed by atoms with Gasteiger partial charge in [-0.25, -0.2) is 19.6 Å². The summed E-state index contributed by atoms with van der Waals surface area (Å²) in [6.45, 7) is 8.35. The number of ether oxygens (including phenoxy) is 2. The number of fused-ring (bicyclic) bond motifs is 1. The lowest BCUT2D eigenvalue weighted by molar-refractivity contribution is -0.135. The molecule has 292 valence electrons. The van der Waals surface area contributed by atoms with E-state index in [0.29, 0.717) is 24.7 Å². The number of rotatable bonds is 11. The van der Waals surface area contributed by atoms with Gasteiger partial charge in [0.1, 0.15) is 35.8 Å². The summed E-state index contributed by atoms with van der Waals surface area (Å²) in [6.07, 6.45) is 10.1. The molecule has 2 aliphatic heterocycles. The van der Waals surface area contributed by atoms with E-state index in [0.717, 1.165) is 38.3 Å². The van der Waals surface area contributed by atoms with Gasteiger partial charge in [0.25, 0.3) is 0 Å². The molecule has 4 N–H and O–H groups in total. The maximum Gasteiger partial charge on any atom is 0.407 e. The molecule has 14 nitrogen and oxygen atoms in total. The molecule has 5 aromatic rings. The number of methoxy groups -OCH3 is 2. The van der Waals surface area contributed by atoms with E-state index in [1.165, 1.54) is 18.9 Å². The van der Waals surface area contributed by atoms with Crippen LogP contribution >= 0.6 is 22.7 Å². The summed E-state index contributed by atoms with van der Waals surface area (Å²) in [5.74, 6) is 0.611. The maximum atomic E-state index is 13.6. The number of nitrogens with one attached hydrogen (secondary N) is 4. The van der Waals surface area contributed by atoms with E-state index in [2.05, 4.69) is 60.6 Å². The number of hydrogen-bond donors (Lipinski definition) is 4. The summed E-state index contributed by atoms with van der Waals surface area (Å²) in [4.78, 5) is 70.6. The fourth-order valence-electron chi connectivity index (χ4n) is 7.02. The largest absolute Gasteiger partial charge is 0.453 e. The summed E-state index contributed by atoms with van der Waals surface area (Å²) in [5, 5.41) is 9.65. The molecule has 0 aliphatic carbocycles. The van der Waals surface area contributed by atoms with Crippen LogP contribution in [0.25, 0.3) is 43.0 Å². The zero-order valence-corrected chi connectivity index (χ0v) is 33.5. The van der Waals surface area contributed by atoms with Gasteiger partial charge >= 0.3 is 12.2 Å². The van der Waals surface area contributed by atoms with E-state index in [4.69, 9.17) is 14.5 Å². The molecule has 4 aromatic heterocycles. The van der Waals surface area contributed by atoms with Crippen molar-refractivity contribution in [2.24, 2.45) is 11.8 Å². The molecule has 4 atom stereocenters. The van der Waals surface area contributed by atoms with Gasteiger partial charge in [0.15, 0.2) is 0 Å². The predicted molar refractivity (Wildman–Crippen MR) is 216 cm³/mol. The van der Waals surface area contributed by atoms with Gasteiger partial charge in [-0.15, -0.1) is 22.7 Å². The van der Waals surface area contributed by atoms with E-state index in [-0.39, 0.29) is 23.7 Å². The molecule has 2 aliphatic rings. The van der Waals surface area contributed by atoms with E-state index in [1.54, 1.807) is 38.7 Å². The quantitative estimate of drug-likeness (QED) is 0.103. The smallest absolute Gasteiger partial charge is 0.407 e. The van der Waals surface area contributed by atoms with Crippen LogP contribution in [0.4, 0.5) is 9.59 Å². The molecule has 6 heterocycles. The number of aromatic amines is 2. The first-order valence-corrected chi connectivity index (χ1v) is 20.1. The molecule has 0 saturated carbocycles. The molecule has 7 rings (SSSR count).